The molecule has 1 aliphatic rings. The van der Waals surface area contributed by atoms with Crippen molar-refractivity contribution in [2.24, 2.45) is 0 Å². The molecule has 0 bridgehead atoms. The van der Waals surface area contributed by atoms with Crippen LogP contribution in [0.25, 0.3) is 0 Å². The van der Waals surface area contributed by atoms with E-state index in [-0.39, 0.29) is 5.91 Å². The smallest absolute Gasteiger partial charge is 0.253 e. The van der Waals surface area contributed by atoms with E-state index in [1.165, 1.54) is 0 Å². The highest BCUT2D eigenvalue weighted by Gasteiger charge is 2.18. The minimum absolute atomic E-state index is 0.0335. The first-order valence-corrected chi connectivity index (χ1v) is 4.41. The van der Waals surface area contributed by atoms with Crippen LogP contribution in [-0.2, 0) is 6.42 Å². The second kappa shape index (κ2) is 3.09. The third-order valence-corrected chi connectivity index (χ3v) is 2.33. The fourth-order valence-corrected chi connectivity index (χ4v) is 1.68. The summed E-state index contributed by atoms with van der Waals surface area (Å²) < 4.78 is 0. The zero-order valence-electron chi connectivity index (χ0n) is 7.55. The molecule has 0 spiro atoms. The van der Waals surface area contributed by atoms with Gasteiger partial charge in [0.15, 0.2) is 0 Å². The van der Waals surface area contributed by atoms with Crippen molar-refractivity contribution in [1.29, 1.82) is 0 Å². The van der Waals surface area contributed by atoms with Crippen molar-refractivity contribution in [2.45, 2.75) is 6.42 Å². The van der Waals surface area contributed by atoms with Crippen LogP contribution in [0.3, 0.4) is 0 Å². The van der Waals surface area contributed by atoms with Crippen molar-refractivity contribution in [3.05, 3.63) is 29.3 Å². The molecule has 3 heteroatoms. The number of fused-ring (bicyclic) bond motifs is 1. The summed E-state index contributed by atoms with van der Waals surface area (Å²) in [6, 6.07) is 5.90. The molecule has 2 rings (SSSR count). The molecule has 0 unspecified atom stereocenters. The lowest BCUT2D eigenvalue weighted by molar-refractivity contribution is 0.0947. The molecule has 2 N–H and O–H groups in total. The lowest BCUT2D eigenvalue weighted by Gasteiger charge is -2.18. The standard InChI is InChI=1S/C10H12N2O/c1-11-8-4-2-3-7-5-6-12-10(13)9(7)8/h2-4,11H,5-6H2,1H3,(H,12,13). The first kappa shape index (κ1) is 8.10. The maximum atomic E-state index is 11.5. The van der Waals surface area contributed by atoms with E-state index in [2.05, 4.69) is 10.6 Å². The van der Waals surface area contributed by atoms with E-state index in [1.54, 1.807) is 0 Å². The summed E-state index contributed by atoms with van der Waals surface area (Å²) in [5.74, 6) is 0.0335. The van der Waals surface area contributed by atoms with E-state index in [0.29, 0.717) is 0 Å². The van der Waals surface area contributed by atoms with Crippen LogP contribution in [0.5, 0.6) is 0 Å². The van der Waals surface area contributed by atoms with Crippen molar-refractivity contribution < 1.29 is 4.79 Å². The van der Waals surface area contributed by atoms with Gasteiger partial charge < -0.3 is 10.6 Å². The van der Waals surface area contributed by atoms with Gasteiger partial charge in [0, 0.05) is 19.3 Å². The second-order valence-electron chi connectivity index (χ2n) is 3.10. The number of hydrogen-bond acceptors (Lipinski definition) is 2. The van der Waals surface area contributed by atoms with Gasteiger partial charge in [0.25, 0.3) is 5.91 Å². The van der Waals surface area contributed by atoms with E-state index in [9.17, 15) is 4.79 Å². The summed E-state index contributed by atoms with van der Waals surface area (Å²) in [5.41, 5.74) is 2.85. The molecule has 0 radical (unpaired) electrons. The molecular formula is C10H12N2O. The predicted molar refractivity (Wildman–Crippen MR) is 52.0 cm³/mol. The molecule has 0 saturated heterocycles. The van der Waals surface area contributed by atoms with Crippen LogP contribution in [0.1, 0.15) is 15.9 Å². The van der Waals surface area contributed by atoms with E-state index < -0.39 is 0 Å². The maximum Gasteiger partial charge on any atom is 0.253 e. The molecule has 0 saturated carbocycles. The minimum atomic E-state index is 0.0335. The van der Waals surface area contributed by atoms with E-state index in [1.807, 2.05) is 25.2 Å². The number of carbonyl (C=O) groups is 1. The monoisotopic (exact) mass is 176 g/mol. The van der Waals surface area contributed by atoms with Crippen molar-refractivity contribution >= 4 is 11.6 Å². The van der Waals surface area contributed by atoms with Gasteiger partial charge in [-0.15, -0.1) is 0 Å². The van der Waals surface area contributed by atoms with E-state index in [0.717, 1.165) is 29.8 Å². The molecule has 0 aliphatic carbocycles. The Morgan fingerprint density at radius 1 is 1.46 bits per heavy atom. The SMILES string of the molecule is CNc1cccc2c1C(=O)NCC2. The maximum absolute atomic E-state index is 11.5. The number of rotatable bonds is 1. The summed E-state index contributed by atoms with van der Waals surface area (Å²) in [6.45, 7) is 0.749. The average Bonchev–Trinajstić information content (AvgIpc) is 2.17. The highest BCUT2D eigenvalue weighted by molar-refractivity contribution is 6.01. The molecule has 1 aromatic carbocycles. The van der Waals surface area contributed by atoms with Gasteiger partial charge >= 0.3 is 0 Å². The lowest BCUT2D eigenvalue weighted by atomic mass is 9.99. The number of nitrogens with one attached hydrogen (secondary N) is 2. The first-order chi connectivity index (χ1) is 6.33. The summed E-state index contributed by atoms with van der Waals surface area (Å²) in [4.78, 5) is 11.5. The van der Waals surface area contributed by atoms with Crippen LogP contribution < -0.4 is 10.6 Å². The van der Waals surface area contributed by atoms with E-state index >= 15 is 0 Å². The Labute approximate surface area is 77.1 Å². The third kappa shape index (κ3) is 1.26. The first-order valence-electron chi connectivity index (χ1n) is 4.41. The van der Waals surface area contributed by atoms with Crippen LogP contribution >= 0.6 is 0 Å². The minimum Gasteiger partial charge on any atom is -0.387 e. The Morgan fingerprint density at radius 3 is 3.08 bits per heavy atom. The summed E-state index contributed by atoms with van der Waals surface area (Å²) >= 11 is 0. The number of anilines is 1. The van der Waals surface area contributed by atoms with Crippen LogP contribution in [-0.4, -0.2) is 19.5 Å². The fourth-order valence-electron chi connectivity index (χ4n) is 1.68. The summed E-state index contributed by atoms with van der Waals surface area (Å²) in [7, 11) is 1.83. The normalized spacial score (nSPS) is 14.7. The largest absolute Gasteiger partial charge is 0.387 e. The zero-order valence-corrected chi connectivity index (χ0v) is 7.55. The second-order valence-corrected chi connectivity index (χ2v) is 3.10. The third-order valence-electron chi connectivity index (χ3n) is 2.33. The Kier molecular flexibility index (Phi) is 1.93. The van der Waals surface area contributed by atoms with Gasteiger partial charge in [-0.2, -0.15) is 0 Å². The molecule has 0 aromatic heterocycles. The molecule has 1 aromatic rings. The molecule has 3 nitrogen and oxygen atoms in total. The van der Waals surface area contributed by atoms with E-state index in [4.69, 9.17) is 0 Å². The van der Waals surface area contributed by atoms with Gasteiger partial charge in [0.2, 0.25) is 0 Å². The predicted octanol–water partition coefficient (Wildman–Crippen LogP) is 1.01. The van der Waals surface area contributed by atoms with Gasteiger partial charge in [-0.1, -0.05) is 12.1 Å². The topological polar surface area (TPSA) is 41.1 Å². The van der Waals surface area contributed by atoms with Crippen LogP contribution in [0, 0.1) is 0 Å². The number of carbonyl (C=O) groups excluding carboxylic acids is 1. The average molecular weight is 176 g/mol. The van der Waals surface area contributed by atoms with Crippen molar-refractivity contribution in [1.82, 2.24) is 5.32 Å². The molecule has 0 atom stereocenters. The number of amides is 1. The Bertz CT molecular complexity index is 333. The molecule has 68 valence electrons. The van der Waals surface area contributed by atoms with Crippen molar-refractivity contribution in [2.75, 3.05) is 18.9 Å². The highest BCUT2D eigenvalue weighted by Crippen LogP contribution is 2.22. The Hall–Kier alpha value is -1.51. The molecule has 1 amide bonds. The van der Waals surface area contributed by atoms with Crippen LogP contribution in [0.4, 0.5) is 5.69 Å². The number of benzene rings is 1. The van der Waals surface area contributed by atoms with Gasteiger partial charge in [0.1, 0.15) is 0 Å². The summed E-state index contributed by atoms with van der Waals surface area (Å²) in [6.07, 6.45) is 0.927. The van der Waals surface area contributed by atoms with Gasteiger partial charge in [-0.25, -0.2) is 0 Å². The molecule has 1 aliphatic heterocycles. The molecular weight excluding hydrogens is 164 g/mol. The quantitative estimate of drug-likeness (QED) is 0.670. The van der Waals surface area contributed by atoms with Crippen molar-refractivity contribution in [3.8, 4) is 0 Å². The molecule has 1 heterocycles. The van der Waals surface area contributed by atoms with Gasteiger partial charge in [0.05, 0.1) is 5.56 Å². The van der Waals surface area contributed by atoms with Crippen LogP contribution in [0.2, 0.25) is 0 Å². The van der Waals surface area contributed by atoms with Crippen LogP contribution in [0.15, 0.2) is 18.2 Å². The number of hydrogen-bond donors (Lipinski definition) is 2. The Balaban J connectivity index is 2.56. The molecule has 13 heavy (non-hydrogen) atoms. The lowest BCUT2D eigenvalue weighted by Crippen LogP contribution is -2.32. The molecule has 0 fully saturated rings. The van der Waals surface area contributed by atoms with Gasteiger partial charge in [-0.05, 0) is 18.1 Å². The fraction of sp³-hybridized carbons (Fsp3) is 0.300. The summed E-state index contributed by atoms with van der Waals surface area (Å²) in [5, 5.41) is 5.86. The van der Waals surface area contributed by atoms with Gasteiger partial charge in [-0.3, -0.25) is 4.79 Å². The Morgan fingerprint density at radius 2 is 2.31 bits per heavy atom. The zero-order chi connectivity index (χ0) is 9.26. The van der Waals surface area contributed by atoms with Crippen molar-refractivity contribution in [3.63, 3.8) is 0 Å². The highest BCUT2D eigenvalue weighted by atomic mass is 16.1.